The van der Waals surface area contributed by atoms with Gasteiger partial charge in [-0.25, -0.2) is 18.0 Å². The first-order chi connectivity index (χ1) is 9.35. The van der Waals surface area contributed by atoms with E-state index in [2.05, 4.69) is 0 Å². The van der Waals surface area contributed by atoms with E-state index in [4.69, 9.17) is 9.47 Å². The summed E-state index contributed by atoms with van der Waals surface area (Å²) in [5.74, 6) is -1.25. The molecule has 1 heterocycles. The van der Waals surface area contributed by atoms with E-state index in [9.17, 15) is 18.0 Å². The van der Waals surface area contributed by atoms with E-state index in [0.29, 0.717) is 12.0 Å². The molecule has 1 atom stereocenters. The van der Waals surface area contributed by atoms with Crippen LogP contribution in [-0.2, 0) is 29.9 Å². The average molecular weight is 298 g/mol. The fourth-order valence-corrected chi connectivity index (χ4v) is 2.62. The molecule has 6 nitrogen and oxygen atoms in total. The van der Waals surface area contributed by atoms with Gasteiger partial charge in [-0.15, -0.1) is 0 Å². The molecule has 20 heavy (non-hydrogen) atoms. The first kappa shape index (κ1) is 14.5. The van der Waals surface area contributed by atoms with Crippen LogP contribution in [0.1, 0.15) is 22.3 Å². The van der Waals surface area contributed by atoms with Crippen molar-refractivity contribution in [1.82, 2.24) is 0 Å². The van der Waals surface area contributed by atoms with Crippen molar-refractivity contribution in [2.24, 2.45) is 0 Å². The number of benzene rings is 1. The molecule has 0 aromatic heterocycles. The molecule has 1 fully saturated rings. The third-order valence-electron chi connectivity index (χ3n) is 2.76. The lowest BCUT2D eigenvalue weighted by Gasteiger charge is -2.08. The van der Waals surface area contributed by atoms with Crippen molar-refractivity contribution in [3.8, 4) is 0 Å². The zero-order valence-corrected chi connectivity index (χ0v) is 11.7. The first-order valence-corrected chi connectivity index (χ1v) is 8.05. The number of hydrogen-bond acceptors (Lipinski definition) is 6. The standard InChI is InChI=1S/C13H14O6S/c1-20(16,17)8-9-2-4-10(5-3-9)12(14)19-11-6-7-18-13(11)15/h2-5,11H,6-8H2,1H3. The van der Waals surface area contributed by atoms with Gasteiger partial charge in [0.25, 0.3) is 0 Å². The Hall–Kier alpha value is -1.89. The number of hydrogen-bond donors (Lipinski definition) is 0. The zero-order chi connectivity index (χ0) is 14.8. The van der Waals surface area contributed by atoms with E-state index < -0.39 is 27.9 Å². The Kier molecular flexibility index (Phi) is 4.08. The number of carbonyl (C=O) groups is 2. The van der Waals surface area contributed by atoms with Gasteiger partial charge in [0.2, 0.25) is 6.10 Å². The Morgan fingerprint density at radius 2 is 2.00 bits per heavy atom. The van der Waals surface area contributed by atoms with Gasteiger partial charge in [0.1, 0.15) is 0 Å². The van der Waals surface area contributed by atoms with E-state index in [0.717, 1.165) is 6.26 Å². The molecule has 0 saturated carbocycles. The predicted octanol–water partition coefficient (Wildman–Crippen LogP) is 0.704. The topological polar surface area (TPSA) is 86.7 Å². The van der Waals surface area contributed by atoms with Crippen LogP contribution in [0.3, 0.4) is 0 Å². The highest BCUT2D eigenvalue weighted by Gasteiger charge is 2.30. The minimum atomic E-state index is -3.11. The van der Waals surface area contributed by atoms with Crippen molar-refractivity contribution in [3.63, 3.8) is 0 Å². The summed E-state index contributed by atoms with van der Waals surface area (Å²) in [5, 5.41) is 0. The molecule has 7 heteroatoms. The third kappa shape index (κ3) is 3.80. The summed E-state index contributed by atoms with van der Waals surface area (Å²) in [5.41, 5.74) is 0.853. The lowest BCUT2D eigenvalue weighted by molar-refractivity contribution is -0.145. The SMILES string of the molecule is CS(=O)(=O)Cc1ccc(C(=O)OC2CCOC2=O)cc1. The van der Waals surface area contributed by atoms with Crippen LogP contribution in [0, 0.1) is 0 Å². The van der Waals surface area contributed by atoms with Crippen molar-refractivity contribution in [2.45, 2.75) is 18.3 Å². The highest BCUT2D eigenvalue weighted by molar-refractivity contribution is 7.89. The molecule has 0 aliphatic carbocycles. The van der Waals surface area contributed by atoms with Crippen LogP contribution in [-0.4, -0.2) is 39.3 Å². The van der Waals surface area contributed by atoms with E-state index in [1.807, 2.05) is 0 Å². The fourth-order valence-electron chi connectivity index (χ4n) is 1.82. The van der Waals surface area contributed by atoms with Gasteiger partial charge in [0.05, 0.1) is 17.9 Å². The fraction of sp³-hybridized carbons (Fsp3) is 0.385. The van der Waals surface area contributed by atoms with Crippen LogP contribution in [0.25, 0.3) is 0 Å². The molecule has 1 aliphatic rings. The van der Waals surface area contributed by atoms with Crippen LogP contribution in [0.5, 0.6) is 0 Å². The molecule has 1 aliphatic heterocycles. The lowest BCUT2D eigenvalue weighted by Crippen LogP contribution is -2.22. The summed E-state index contributed by atoms with van der Waals surface area (Å²) < 4.78 is 32.0. The van der Waals surface area contributed by atoms with Crippen LogP contribution in [0.2, 0.25) is 0 Å². The maximum Gasteiger partial charge on any atom is 0.347 e. The molecule has 0 amide bonds. The van der Waals surface area contributed by atoms with Crippen molar-refractivity contribution in [3.05, 3.63) is 35.4 Å². The Morgan fingerprint density at radius 3 is 2.50 bits per heavy atom. The maximum atomic E-state index is 11.8. The largest absolute Gasteiger partial charge is 0.463 e. The van der Waals surface area contributed by atoms with Crippen molar-refractivity contribution in [1.29, 1.82) is 0 Å². The van der Waals surface area contributed by atoms with E-state index in [1.54, 1.807) is 12.1 Å². The van der Waals surface area contributed by atoms with Crippen LogP contribution in [0.15, 0.2) is 24.3 Å². The number of cyclic esters (lactones) is 1. The summed E-state index contributed by atoms with van der Waals surface area (Å²) in [6.07, 6.45) is 0.649. The predicted molar refractivity (Wildman–Crippen MR) is 69.8 cm³/mol. The molecule has 1 aromatic carbocycles. The van der Waals surface area contributed by atoms with Crippen molar-refractivity contribution >= 4 is 21.8 Å². The van der Waals surface area contributed by atoms with Gasteiger partial charge < -0.3 is 9.47 Å². The monoisotopic (exact) mass is 298 g/mol. The van der Waals surface area contributed by atoms with Gasteiger partial charge in [-0.2, -0.15) is 0 Å². The second-order valence-corrected chi connectivity index (χ2v) is 6.76. The van der Waals surface area contributed by atoms with E-state index >= 15 is 0 Å². The van der Waals surface area contributed by atoms with Gasteiger partial charge in [0, 0.05) is 12.7 Å². The average Bonchev–Trinajstić information content (AvgIpc) is 2.74. The Bertz CT molecular complexity index is 617. The number of carbonyl (C=O) groups excluding carboxylic acids is 2. The van der Waals surface area contributed by atoms with E-state index in [-0.39, 0.29) is 17.9 Å². The lowest BCUT2D eigenvalue weighted by atomic mass is 10.1. The highest BCUT2D eigenvalue weighted by Crippen LogP contribution is 2.14. The minimum absolute atomic E-state index is 0.0860. The molecule has 0 N–H and O–H groups in total. The summed E-state index contributed by atoms with van der Waals surface area (Å²) >= 11 is 0. The molecular weight excluding hydrogens is 284 g/mol. The Labute approximate surface area is 116 Å². The highest BCUT2D eigenvalue weighted by atomic mass is 32.2. The molecular formula is C13H14O6S. The second kappa shape index (κ2) is 5.62. The Morgan fingerprint density at radius 1 is 1.35 bits per heavy atom. The molecule has 0 spiro atoms. The van der Waals surface area contributed by atoms with Crippen LogP contribution >= 0.6 is 0 Å². The number of rotatable bonds is 4. The summed E-state index contributed by atoms with van der Waals surface area (Å²) in [6, 6.07) is 6.04. The smallest absolute Gasteiger partial charge is 0.347 e. The molecule has 1 unspecified atom stereocenters. The number of sulfone groups is 1. The summed E-state index contributed by atoms with van der Waals surface area (Å²) in [6.45, 7) is 0.254. The van der Waals surface area contributed by atoms with Gasteiger partial charge in [-0.05, 0) is 17.7 Å². The number of ether oxygens (including phenoxy) is 2. The van der Waals surface area contributed by atoms with Gasteiger partial charge in [-0.1, -0.05) is 12.1 Å². The Balaban J connectivity index is 2.02. The molecule has 2 rings (SSSR count). The first-order valence-electron chi connectivity index (χ1n) is 5.99. The molecule has 0 radical (unpaired) electrons. The third-order valence-corrected chi connectivity index (χ3v) is 3.61. The molecule has 1 saturated heterocycles. The van der Waals surface area contributed by atoms with Crippen LogP contribution in [0.4, 0.5) is 0 Å². The summed E-state index contributed by atoms with van der Waals surface area (Å²) in [4.78, 5) is 23.0. The van der Waals surface area contributed by atoms with Gasteiger partial charge >= 0.3 is 11.9 Å². The van der Waals surface area contributed by atoms with Crippen molar-refractivity contribution in [2.75, 3.05) is 12.9 Å². The molecule has 0 bridgehead atoms. The van der Waals surface area contributed by atoms with E-state index in [1.165, 1.54) is 12.1 Å². The summed E-state index contributed by atoms with van der Waals surface area (Å²) in [7, 11) is -3.11. The quantitative estimate of drug-likeness (QED) is 0.761. The van der Waals surface area contributed by atoms with Crippen molar-refractivity contribution < 1.29 is 27.5 Å². The maximum absolute atomic E-state index is 11.8. The normalized spacial score (nSPS) is 18.6. The zero-order valence-electron chi connectivity index (χ0n) is 10.9. The molecule has 1 aromatic rings. The second-order valence-electron chi connectivity index (χ2n) is 4.62. The number of esters is 2. The van der Waals surface area contributed by atoms with Gasteiger partial charge in [0.15, 0.2) is 9.84 Å². The minimum Gasteiger partial charge on any atom is -0.463 e. The van der Waals surface area contributed by atoms with Gasteiger partial charge in [-0.3, -0.25) is 0 Å². The van der Waals surface area contributed by atoms with Crippen LogP contribution < -0.4 is 0 Å². The molecule has 108 valence electrons.